The van der Waals surface area contributed by atoms with Crippen molar-refractivity contribution in [1.82, 2.24) is 9.97 Å². The first-order valence-corrected chi connectivity index (χ1v) is 7.04. The van der Waals surface area contributed by atoms with E-state index >= 15 is 0 Å². The lowest BCUT2D eigenvalue weighted by molar-refractivity contribution is 0.273. The van der Waals surface area contributed by atoms with Crippen LogP contribution in [0, 0.1) is 0 Å². The molecule has 1 heterocycles. The first-order valence-electron chi connectivity index (χ1n) is 7.04. The zero-order chi connectivity index (χ0) is 15.4. The lowest BCUT2D eigenvalue weighted by Gasteiger charge is -2.07. The standard InChI is InChI=1S/C17H16FN3O/c1-19-13-4-2-3-12(9-13)17-11-20-15-6-5-14(22-8-7-18)10-16(15)21-17/h2-6,9-11,19H,7-8H2,1H3. The van der Waals surface area contributed by atoms with Crippen LogP contribution in [0.4, 0.5) is 10.1 Å². The predicted octanol–water partition coefficient (Wildman–Crippen LogP) is 3.69. The number of nitrogens with one attached hydrogen (secondary N) is 1. The van der Waals surface area contributed by atoms with Crippen molar-refractivity contribution in [2.75, 3.05) is 25.6 Å². The molecule has 3 aromatic rings. The number of benzene rings is 2. The molecule has 0 saturated carbocycles. The highest BCUT2D eigenvalue weighted by atomic mass is 19.1. The van der Waals surface area contributed by atoms with Crippen LogP contribution in [0.25, 0.3) is 22.3 Å². The van der Waals surface area contributed by atoms with Crippen molar-refractivity contribution >= 4 is 16.7 Å². The molecule has 112 valence electrons. The van der Waals surface area contributed by atoms with Crippen molar-refractivity contribution in [3.05, 3.63) is 48.7 Å². The van der Waals surface area contributed by atoms with E-state index in [9.17, 15) is 4.39 Å². The number of aromatic nitrogens is 2. The van der Waals surface area contributed by atoms with Gasteiger partial charge in [-0.3, -0.25) is 4.98 Å². The quantitative estimate of drug-likeness (QED) is 0.780. The average molecular weight is 297 g/mol. The number of halogens is 1. The molecule has 2 aromatic carbocycles. The molecule has 0 atom stereocenters. The second kappa shape index (κ2) is 6.39. The van der Waals surface area contributed by atoms with Crippen molar-refractivity contribution in [2.24, 2.45) is 0 Å². The maximum atomic E-state index is 12.2. The first kappa shape index (κ1) is 14.3. The Hall–Kier alpha value is -2.69. The molecule has 0 bridgehead atoms. The molecule has 0 aliphatic carbocycles. The molecule has 0 unspecified atom stereocenters. The molecular formula is C17H16FN3O. The molecule has 5 heteroatoms. The summed E-state index contributed by atoms with van der Waals surface area (Å²) < 4.78 is 17.5. The zero-order valence-corrected chi connectivity index (χ0v) is 12.2. The van der Waals surface area contributed by atoms with Crippen molar-refractivity contribution in [3.63, 3.8) is 0 Å². The van der Waals surface area contributed by atoms with Gasteiger partial charge in [-0.1, -0.05) is 12.1 Å². The van der Waals surface area contributed by atoms with Gasteiger partial charge in [0.25, 0.3) is 0 Å². The molecule has 1 aromatic heterocycles. The van der Waals surface area contributed by atoms with E-state index in [4.69, 9.17) is 4.74 Å². The molecule has 0 spiro atoms. The van der Waals surface area contributed by atoms with E-state index in [0.717, 1.165) is 28.0 Å². The van der Waals surface area contributed by atoms with Gasteiger partial charge in [0.2, 0.25) is 0 Å². The van der Waals surface area contributed by atoms with Crippen LogP contribution >= 0.6 is 0 Å². The van der Waals surface area contributed by atoms with E-state index in [1.807, 2.05) is 37.4 Å². The normalized spacial score (nSPS) is 10.6. The first-order chi connectivity index (χ1) is 10.8. The summed E-state index contributed by atoms with van der Waals surface area (Å²) >= 11 is 0. The minimum absolute atomic E-state index is 0.0445. The summed E-state index contributed by atoms with van der Waals surface area (Å²) in [7, 11) is 1.87. The lowest BCUT2D eigenvalue weighted by atomic mass is 10.1. The molecule has 22 heavy (non-hydrogen) atoms. The summed E-state index contributed by atoms with van der Waals surface area (Å²) in [6.07, 6.45) is 1.75. The smallest absolute Gasteiger partial charge is 0.123 e. The fourth-order valence-corrected chi connectivity index (χ4v) is 2.21. The molecule has 0 saturated heterocycles. The van der Waals surface area contributed by atoms with Crippen LogP contribution in [0.15, 0.2) is 48.7 Å². The van der Waals surface area contributed by atoms with Gasteiger partial charge in [0.05, 0.1) is 22.9 Å². The van der Waals surface area contributed by atoms with Gasteiger partial charge in [0.15, 0.2) is 0 Å². The van der Waals surface area contributed by atoms with Crippen LogP contribution in [-0.2, 0) is 0 Å². The predicted molar refractivity (Wildman–Crippen MR) is 86.0 cm³/mol. The highest BCUT2D eigenvalue weighted by Gasteiger charge is 2.05. The van der Waals surface area contributed by atoms with E-state index in [1.54, 1.807) is 18.3 Å². The third kappa shape index (κ3) is 2.98. The number of hydrogen-bond donors (Lipinski definition) is 1. The third-order valence-electron chi connectivity index (χ3n) is 3.31. The molecule has 0 amide bonds. The Labute approximate surface area is 128 Å². The summed E-state index contributed by atoms with van der Waals surface area (Å²) in [6.45, 7) is -0.469. The molecule has 0 radical (unpaired) electrons. The lowest BCUT2D eigenvalue weighted by Crippen LogP contribution is -1.99. The highest BCUT2D eigenvalue weighted by molar-refractivity contribution is 5.79. The molecule has 4 nitrogen and oxygen atoms in total. The van der Waals surface area contributed by atoms with Gasteiger partial charge in [0.1, 0.15) is 19.0 Å². The van der Waals surface area contributed by atoms with Gasteiger partial charge in [-0.15, -0.1) is 0 Å². The summed E-state index contributed by atoms with van der Waals surface area (Å²) in [4.78, 5) is 9.05. The highest BCUT2D eigenvalue weighted by Crippen LogP contribution is 2.24. The fourth-order valence-electron chi connectivity index (χ4n) is 2.21. The number of alkyl halides is 1. The van der Waals surface area contributed by atoms with Crippen LogP contribution in [0.5, 0.6) is 5.75 Å². The second-order valence-corrected chi connectivity index (χ2v) is 4.77. The van der Waals surface area contributed by atoms with Crippen LogP contribution in [0.2, 0.25) is 0 Å². The Morgan fingerprint density at radius 1 is 1.14 bits per heavy atom. The molecule has 0 aliphatic rings. The van der Waals surface area contributed by atoms with Gasteiger partial charge < -0.3 is 10.1 Å². The minimum atomic E-state index is -0.513. The van der Waals surface area contributed by atoms with Crippen molar-refractivity contribution in [1.29, 1.82) is 0 Å². The number of nitrogens with zero attached hydrogens (tertiary/aromatic N) is 2. The Balaban J connectivity index is 1.99. The van der Waals surface area contributed by atoms with Crippen molar-refractivity contribution in [3.8, 4) is 17.0 Å². The molecule has 3 rings (SSSR count). The summed E-state index contributed by atoms with van der Waals surface area (Å²) in [5, 5.41) is 3.10. The van der Waals surface area contributed by atoms with E-state index in [0.29, 0.717) is 5.75 Å². The van der Waals surface area contributed by atoms with Crippen LogP contribution in [0.3, 0.4) is 0 Å². The van der Waals surface area contributed by atoms with Gasteiger partial charge in [-0.05, 0) is 24.3 Å². The summed E-state index contributed by atoms with van der Waals surface area (Å²) in [6, 6.07) is 13.3. The number of anilines is 1. The number of hydrogen-bond acceptors (Lipinski definition) is 4. The number of rotatable bonds is 5. The Bertz CT molecular complexity index is 792. The van der Waals surface area contributed by atoms with Gasteiger partial charge in [-0.2, -0.15) is 0 Å². The van der Waals surface area contributed by atoms with Gasteiger partial charge in [0, 0.05) is 24.4 Å². The van der Waals surface area contributed by atoms with E-state index in [-0.39, 0.29) is 6.61 Å². The van der Waals surface area contributed by atoms with Crippen molar-refractivity contribution in [2.45, 2.75) is 0 Å². The van der Waals surface area contributed by atoms with E-state index in [1.165, 1.54) is 0 Å². The fraction of sp³-hybridized carbons (Fsp3) is 0.176. The van der Waals surface area contributed by atoms with Gasteiger partial charge >= 0.3 is 0 Å². The molecular weight excluding hydrogens is 281 g/mol. The number of fused-ring (bicyclic) bond motifs is 1. The minimum Gasteiger partial charge on any atom is -0.491 e. The Morgan fingerprint density at radius 2 is 2.05 bits per heavy atom. The van der Waals surface area contributed by atoms with Crippen LogP contribution in [-0.4, -0.2) is 30.3 Å². The van der Waals surface area contributed by atoms with Crippen LogP contribution < -0.4 is 10.1 Å². The summed E-state index contributed by atoms with van der Waals surface area (Å²) in [5.74, 6) is 0.598. The second-order valence-electron chi connectivity index (χ2n) is 4.77. The molecule has 0 fully saturated rings. The third-order valence-corrected chi connectivity index (χ3v) is 3.31. The zero-order valence-electron chi connectivity index (χ0n) is 12.2. The van der Waals surface area contributed by atoms with E-state index in [2.05, 4.69) is 15.3 Å². The monoisotopic (exact) mass is 297 g/mol. The van der Waals surface area contributed by atoms with Crippen molar-refractivity contribution < 1.29 is 9.13 Å². The SMILES string of the molecule is CNc1cccc(-c2cnc3ccc(OCCF)cc3n2)c1. The summed E-state index contributed by atoms with van der Waals surface area (Å²) in [5.41, 5.74) is 4.29. The average Bonchev–Trinajstić information content (AvgIpc) is 2.59. The van der Waals surface area contributed by atoms with E-state index < -0.39 is 6.67 Å². The number of ether oxygens (including phenoxy) is 1. The maximum absolute atomic E-state index is 12.2. The Kier molecular flexibility index (Phi) is 4.14. The molecule has 1 N–H and O–H groups in total. The van der Waals surface area contributed by atoms with Crippen LogP contribution in [0.1, 0.15) is 0 Å². The van der Waals surface area contributed by atoms with Gasteiger partial charge in [-0.25, -0.2) is 9.37 Å². The largest absolute Gasteiger partial charge is 0.491 e. The maximum Gasteiger partial charge on any atom is 0.123 e. The molecule has 0 aliphatic heterocycles. The Morgan fingerprint density at radius 3 is 2.86 bits per heavy atom. The topological polar surface area (TPSA) is 47.0 Å².